The van der Waals surface area contributed by atoms with Crippen molar-refractivity contribution in [2.45, 2.75) is 45.7 Å². The molecule has 7 nitrogen and oxygen atoms in total. The van der Waals surface area contributed by atoms with E-state index in [0.717, 1.165) is 61.0 Å². The highest BCUT2D eigenvalue weighted by atomic mass is 32.1. The van der Waals surface area contributed by atoms with Crippen LogP contribution in [0.15, 0.2) is 29.4 Å². The average Bonchev–Trinajstić information content (AvgIpc) is 3.38. The van der Waals surface area contributed by atoms with Crippen LogP contribution in [-0.4, -0.2) is 42.5 Å². The van der Waals surface area contributed by atoms with Gasteiger partial charge in [0.1, 0.15) is 4.88 Å². The normalized spacial score (nSPS) is 18.1. The minimum Gasteiger partial charge on any atom is -0.355 e. The maximum Gasteiger partial charge on any atom is 0.180 e. The molecule has 0 aliphatic carbocycles. The first kappa shape index (κ1) is 18.1. The molecule has 0 bridgehead atoms. The van der Waals surface area contributed by atoms with Crippen molar-refractivity contribution >= 4 is 11.5 Å². The van der Waals surface area contributed by atoms with Gasteiger partial charge in [-0.05, 0) is 44.8 Å². The van der Waals surface area contributed by atoms with E-state index < -0.39 is 0 Å². The third-order valence-electron chi connectivity index (χ3n) is 5.16. The molecule has 3 aromatic heterocycles. The van der Waals surface area contributed by atoms with Crippen molar-refractivity contribution in [3.63, 3.8) is 0 Å². The van der Waals surface area contributed by atoms with Gasteiger partial charge in [0.25, 0.3) is 0 Å². The maximum absolute atomic E-state index is 5.45. The molecule has 1 aliphatic rings. The molecule has 0 radical (unpaired) electrons. The zero-order valence-electron chi connectivity index (χ0n) is 15.8. The molecule has 142 valence electrons. The number of aromatic nitrogens is 5. The summed E-state index contributed by atoms with van der Waals surface area (Å²) in [5.74, 6) is 1.14. The van der Waals surface area contributed by atoms with Gasteiger partial charge in [-0.2, -0.15) is 5.10 Å². The number of rotatable bonds is 6. The maximum atomic E-state index is 5.45. The highest BCUT2D eigenvalue weighted by Crippen LogP contribution is 2.35. The van der Waals surface area contributed by atoms with Crippen molar-refractivity contribution in [1.82, 2.24) is 29.4 Å². The quantitative estimate of drug-likeness (QED) is 0.605. The Balaban J connectivity index is 1.49. The zero-order valence-corrected chi connectivity index (χ0v) is 16.6. The Morgan fingerprint density at radius 2 is 2.30 bits per heavy atom. The van der Waals surface area contributed by atoms with Crippen LogP contribution in [0.4, 0.5) is 0 Å². The molecule has 4 heterocycles. The zero-order chi connectivity index (χ0) is 18.8. The van der Waals surface area contributed by atoms with Gasteiger partial charge in [0.2, 0.25) is 0 Å². The predicted octanol–water partition coefficient (Wildman–Crippen LogP) is 3.57. The summed E-state index contributed by atoms with van der Waals surface area (Å²) >= 11 is 1.39. The molecule has 4 rings (SSSR count). The summed E-state index contributed by atoms with van der Waals surface area (Å²) in [5.41, 5.74) is 4.41. The second-order valence-electron chi connectivity index (χ2n) is 7.12. The first-order valence-corrected chi connectivity index (χ1v) is 10.0. The second-order valence-corrected chi connectivity index (χ2v) is 7.87. The summed E-state index contributed by atoms with van der Waals surface area (Å²) < 4.78 is 11.6. The van der Waals surface area contributed by atoms with Gasteiger partial charge in [-0.25, -0.2) is 0 Å². The topological polar surface area (TPSA) is 72.9 Å². The van der Waals surface area contributed by atoms with E-state index in [1.165, 1.54) is 22.8 Å². The van der Waals surface area contributed by atoms with Gasteiger partial charge < -0.3 is 4.52 Å². The van der Waals surface area contributed by atoms with Crippen LogP contribution in [-0.2, 0) is 13.1 Å². The summed E-state index contributed by atoms with van der Waals surface area (Å²) in [6, 6.07) is 1.96. The van der Waals surface area contributed by atoms with Crippen molar-refractivity contribution < 1.29 is 4.52 Å². The van der Waals surface area contributed by atoms with Crippen LogP contribution in [0.2, 0.25) is 0 Å². The molecule has 0 amide bonds. The monoisotopic (exact) mass is 384 g/mol. The molecule has 0 unspecified atom stereocenters. The van der Waals surface area contributed by atoms with E-state index in [1.807, 2.05) is 29.9 Å². The molecule has 0 N–H and O–H groups in total. The van der Waals surface area contributed by atoms with E-state index in [0.29, 0.717) is 5.92 Å². The fourth-order valence-electron chi connectivity index (χ4n) is 3.72. The summed E-state index contributed by atoms with van der Waals surface area (Å²) in [6.07, 6.45) is 6.13. The lowest BCUT2D eigenvalue weighted by molar-refractivity contribution is 0.198. The Morgan fingerprint density at radius 1 is 1.41 bits per heavy atom. The molecule has 0 spiro atoms. The number of allylic oxidation sites excluding steroid dienone is 1. The number of aryl methyl sites for hydroxylation is 1. The van der Waals surface area contributed by atoms with E-state index in [9.17, 15) is 0 Å². The highest BCUT2D eigenvalue weighted by Gasteiger charge is 2.28. The van der Waals surface area contributed by atoms with Gasteiger partial charge in [-0.3, -0.25) is 9.58 Å². The fraction of sp³-hybridized carbons (Fsp3) is 0.474. The number of piperidine rings is 1. The lowest BCUT2D eigenvalue weighted by Crippen LogP contribution is -2.34. The predicted molar refractivity (Wildman–Crippen MR) is 105 cm³/mol. The minimum absolute atomic E-state index is 0.362. The summed E-state index contributed by atoms with van der Waals surface area (Å²) in [6.45, 7) is 11.6. The number of nitrogens with zero attached hydrogens (tertiary/aromatic N) is 6. The first-order chi connectivity index (χ1) is 13.2. The molecular formula is C19H24N6OS. The lowest BCUT2D eigenvalue weighted by Gasteiger charge is -2.32. The van der Waals surface area contributed by atoms with Gasteiger partial charge in [0, 0.05) is 36.3 Å². The molecule has 1 atom stereocenters. The third kappa shape index (κ3) is 3.72. The van der Waals surface area contributed by atoms with Crippen LogP contribution in [0.5, 0.6) is 0 Å². The third-order valence-corrected chi connectivity index (χ3v) is 5.91. The van der Waals surface area contributed by atoms with Gasteiger partial charge in [0.05, 0.1) is 24.1 Å². The SMILES string of the molecule is C=CCn1ncc(CN2CCC[C@@H](c3nnsc3-c3cc(C)no3)C2)c1C. The Hall–Kier alpha value is -2.32. The van der Waals surface area contributed by atoms with E-state index in [-0.39, 0.29) is 0 Å². The van der Waals surface area contributed by atoms with Crippen LogP contribution in [0, 0.1) is 13.8 Å². The first-order valence-electron chi connectivity index (χ1n) is 9.26. The largest absolute Gasteiger partial charge is 0.355 e. The van der Waals surface area contributed by atoms with Crippen molar-refractivity contribution in [2.24, 2.45) is 0 Å². The van der Waals surface area contributed by atoms with Crippen molar-refractivity contribution in [3.05, 3.63) is 47.6 Å². The van der Waals surface area contributed by atoms with Crippen molar-refractivity contribution in [2.75, 3.05) is 13.1 Å². The standard InChI is InChI=1S/C19H24N6OS/c1-4-7-25-14(3)16(10-20-25)12-24-8-5-6-15(11-24)18-19(27-23-21-18)17-9-13(2)22-26-17/h4,9-10,15H,1,5-8,11-12H2,2-3H3/t15-/m1/s1. The Morgan fingerprint density at radius 3 is 3.07 bits per heavy atom. The van der Waals surface area contributed by atoms with Crippen LogP contribution in [0.3, 0.4) is 0 Å². The molecule has 0 saturated carbocycles. The number of hydrogen-bond acceptors (Lipinski definition) is 7. The summed E-state index contributed by atoms with van der Waals surface area (Å²) in [5, 5.41) is 12.9. The smallest absolute Gasteiger partial charge is 0.180 e. The number of likely N-dealkylation sites (tertiary alicyclic amines) is 1. The van der Waals surface area contributed by atoms with Gasteiger partial charge in [0.15, 0.2) is 5.76 Å². The van der Waals surface area contributed by atoms with Crippen LogP contribution in [0.25, 0.3) is 10.6 Å². The molecule has 1 saturated heterocycles. The van der Waals surface area contributed by atoms with Crippen LogP contribution < -0.4 is 0 Å². The molecule has 1 fully saturated rings. The second kappa shape index (κ2) is 7.74. The molecule has 1 aliphatic heterocycles. The molecule has 3 aromatic rings. The summed E-state index contributed by atoms with van der Waals surface area (Å²) in [4.78, 5) is 3.50. The van der Waals surface area contributed by atoms with Crippen LogP contribution in [0.1, 0.15) is 41.4 Å². The molecule has 27 heavy (non-hydrogen) atoms. The Bertz CT molecular complexity index is 926. The molecular weight excluding hydrogens is 360 g/mol. The van der Waals surface area contributed by atoms with E-state index in [2.05, 4.69) is 38.2 Å². The fourth-order valence-corrected chi connectivity index (χ4v) is 4.41. The Labute approximate surface area is 162 Å². The highest BCUT2D eigenvalue weighted by molar-refractivity contribution is 7.09. The van der Waals surface area contributed by atoms with Gasteiger partial charge in [-0.1, -0.05) is 15.7 Å². The van der Waals surface area contributed by atoms with Gasteiger partial charge >= 0.3 is 0 Å². The molecule has 8 heteroatoms. The minimum atomic E-state index is 0.362. The number of hydrogen-bond donors (Lipinski definition) is 0. The molecule has 0 aromatic carbocycles. The van der Waals surface area contributed by atoms with Gasteiger partial charge in [-0.15, -0.1) is 11.7 Å². The van der Waals surface area contributed by atoms with Crippen molar-refractivity contribution in [1.29, 1.82) is 0 Å². The van der Waals surface area contributed by atoms with E-state index in [1.54, 1.807) is 0 Å². The van der Waals surface area contributed by atoms with E-state index in [4.69, 9.17) is 4.52 Å². The summed E-state index contributed by atoms with van der Waals surface area (Å²) in [7, 11) is 0. The van der Waals surface area contributed by atoms with Crippen molar-refractivity contribution in [3.8, 4) is 10.6 Å². The van der Waals surface area contributed by atoms with E-state index >= 15 is 0 Å². The Kier molecular flexibility index (Phi) is 5.18. The van der Waals surface area contributed by atoms with Crippen LogP contribution >= 0.6 is 11.5 Å². The lowest BCUT2D eigenvalue weighted by atomic mass is 9.93. The average molecular weight is 385 g/mol.